The molecular formula is C16H18N2O4S. The molecule has 0 aliphatic rings. The van der Waals surface area contributed by atoms with Gasteiger partial charge in [0.05, 0.1) is 5.69 Å². The van der Waals surface area contributed by atoms with E-state index >= 15 is 0 Å². The lowest BCUT2D eigenvalue weighted by Crippen LogP contribution is -2.27. The fourth-order valence-corrected chi connectivity index (χ4v) is 2.75. The van der Waals surface area contributed by atoms with E-state index < -0.39 is 17.7 Å². The molecule has 23 heavy (non-hydrogen) atoms. The second kappa shape index (κ2) is 6.37. The third-order valence-corrected chi connectivity index (χ3v) is 3.96. The van der Waals surface area contributed by atoms with Crippen molar-refractivity contribution in [2.75, 3.05) is 5.32 Å². The molecule has 0 aliphatic heterocycles. The molecule has 1 amide bonds. The highest BCUT2D eigenvalue weighted by atomic mass is 32.1. The lowest BCUT2D eigenvalue weighted by Gasteiger charge is -2.19. The third kappa shape index (κ3) is 4.53. The van der Waals surface area contributed by atoms with Crippen LogP contribution in [0.15, 0.2) is 24.3 Å². The Morgan fingerprint density at radius 1 is 1.22 bits per heavy atom. The number of hydrogen-bond donors (Lipinski definition) is 2. The Morgan fingerprint density at radius 2 is 1.83 bits per heavy atom. The van der Waals surface area contributed by atoms with Gasteiger partial charge >= 0.3 is 12.1 Å². The highest BCUT2D eigenvalue weighted by Crippen LogP contribution is 2.28. The van der Waals surface area contributed by atoms with Crippen LogP contribution in [-0.2, 0) is 4.74 Å². The zero-order valence-electron chi connectivity index (χ0n) is 13.3. The van der Waals surface area contributed by atoms with Gasteiger partial charge in [-0.2, -0.15) is 0 Å². The van der Waals surface area contributed by atoms with Gasteiger partial charge in [0.15, 0.2) is 0 Å². The van der Waals surface area contributed by atoms with Gasteiger partial charge in [-0.1, -0.05) is 0 Å². The summed E-state index contributed by atoms with van der Waals surface area (Å²) in [4.78, 5) is 27.3. The molecule has 0 spiro atoms. The molecule has 2 N–H and O–H groups in total. The van der Waals surface area contributed by atoms with Crippen LogP contribution >= 0.6 is 11.3 Å². The fourth-order valence-electron chi connectivity index (χ4n) is 1.84. The number of amides is 1. The van der Waals surface area contributed by atoms with Crippen LogP contribution in [0.3, 0.4) is 0 Å². The number of nitrogens with zero attached hydrogens (tertiary/aromatic N) is 1. The van der Waals surface area contributed by atoms with Gasteiger partial charge < -0.3 is 9.84 Å². The third-order valence-electron chi connectivity index (χ3n) is 2.77. The molecule has 1 aromatic heterocycles. The molecule has 1 heterocycles. The SMILES string of the molecule is Cc1nc(-c2ccc(NC(=O)OC(C)(C)C)cc2)sc1C(=O)O. The van der Waals surface area contributed by atoms with Crippen LogP contribution in [-0.4, -0.2) is 27.8 Å². The number of rotatable bonds is 3. The average molecular weight is 334 g/mol. The fraction of sp³-hybridized carbons (Fsp3) is 0.312. The summed E-state index contributed by atoms with van der Waals surface area (Å²) in [5, 5.41) is 12.3. The van der Waals surface area contributed by atoms with E-state index in [0.717, 1.165) is 16.9 Å². The topological polar surface area (TPSA) is 88.5 Å². The quantitative estimate of drug-likeness (QED) is 0.879. The number of carbonyl (C=O) groups is 2. The standard InChI is InChI=1S/C16H18N2O4S/c1-9-12(14(19)20)23-13(17-9)10-5-7-11(8-6-10)18-15(21)22-16(2,3)4/h5-8H,1-4H3,(H,18,21)(H,19,20). The minimum absolute atomic E-state index is 0.232. The lowest BCUT2D eigenvalue weighted by atomic mass is 10.2. The predicted octanol–water partition coefficient (Wildman–Crippen LogP) is 4.16. The largest absolute Gasteiger partial charge is 0.477 e. The molecular weight excluding hydrogens is 316 g/mol. The van der Waals surface area contributed by atoms with Crippen molar-refractivity contribution in [2.45, 2.75) is 33.3 Å². The number of benzene rings is 1. The highest BCUT2D eigenvalue weighted by molar-refractivity contribution is 7.17. The van der Waals surface area contributed by atoms with E-state index in [2.05, 4.69) is 10.3 Å². The molecule has 122 valence electrons. The van der Waals surface area contributed by atoms with Crippen molar-refractivity contribution in [3.63, 3.8) is 0 Å². The number of ether oxygens (including phenoxy) is 1. The van der Waals surface area contributed by atoms with Gasteiger partial charge in [0.25, 0.3) is 0 Å². The monoisotopic (exact) mass is 334 g/mol. The second-order valence-corrected chi connectivity index (χ2v) is 6.94. The van der Waals surface area contributed by atoms with E-state index in [1.54, 1.807) is 52.0 Å². The molecule has 0 saturated heterocycles. The molecule has 0 aliphatic carbocycles. The van der Waals surface area contributed by atoms with E-state index in [4.69, 9.17) is 9.84 Å². The Kier molecular flexibility index (Phi) is 4.70. The van der Waals surface area contributed by atoms with Crippen molar-refractivity contribution >= 4 is 29.1 Å². The summed E-state index contributed by atoms with van der Waals surface area (Å²) in [6.45, 7) is 7.05. The molecule has 2 aromatic rings. The molecule has 0 fully saturated rings. The smallest absolute Gasteiger partial charge is 0.412 e. The number of carboxylic acids is 1. The summed E-state index contributed by atoms with van der Waals surface area (Å²) < 4.78 is 5.18. The number of thiazole rings is 1. The first-order valence-electron chi connectivity index (χ1n) is 6.97. The molecule has 7 heteroatoms. The molecule has 0 unspecified atom stereocenters. The summed E-state index contributed by atoms with van der Waals surface area (Å²) in [7, 11) is 0. The van der Waals surface area contributed by atoms with Gasteiger partial charge in [-0.25, -0.2) is 14.6 Å². The van der Waals surface area contributed by atoms with E-state index in [-0.39, 0.29) is 4.88 Å². The minimum Gasteiger partial charge on any atom is -0.477 e. The Hall–Kier alpha value is -2.41. The maximum atomic E-state index is 11.7. The highest BCUT2D eigenvalue weighted by Gasteiger charge is 2.17. The molecule has 0 saturated carbocycles. The number of carbonyl (C=O) groups excluding carboxylic acids is 1. The van der Waals surface area contributed by atoms with Crippen LogP contribution in [0.5, 0.6) is 0 Å². The molecule has 0 radical (unpaired) electrons. The summed E-state index contributed by atoms with van der Waals surface area (Å²) in [6.07, 6.45) is -0.525. The average Bonchev–Trinajstić information content (AvgIpc) is 2.79. The van der Waals surface area contributed by atoms with Crippen molar-refractivity contribution < 1.29 is 19.4 Å². The molecule has 0 atom stereocenters. The van der Waals surface area contributed by atoms with Crippen LogP contribution in [0.1, 0.15) is 36.1 Å². The lowest BCUT2D eigenvalue weighted by molar-refractivity contribution is 0.0634. The number of carboxylic acid groups (broad SMARTS) is 1. The normalized spacial score (nSPS) is 11.1. The minimum atomic E-state index is -0.977. The van der Waals surface area contributed by atoms with Crippen molar-refractivity contribution in [1.82, 2.24) is 4.98 Å². The number of aromatic carboxylic acids is 1. The number of aryl methyl sites for hydroxylation is 1. The van der Waals surface area contributed by atoms with Crippen molar-refractivity contribution in [2.24, 2.45) is 0 Å². The van der Waals surface area contributed by atoms with Gasteiger partial charge in [0.1, 0.15) is 15.5 Å². The number of nitrogens with one attached hydrogen (secondary N) is 1. The Morgan fingerprint density at radius 3 is 2.30 bits per heavy atom. The Balaban J connectivity index is 2.12. The summed E-state index contributed by atoms with van der Waals surface area (Å²) >= 11 is 1.13. The summed E-state index contributed by atoms with van der Waals surface area (Å²) in [5.74, 6) is -0.977. The first kappa shape index (κ1) is 17.0. The zero-order chi connectivity index (χ0) is 17.2. The van der Waals surface area contributed by atoms with Crippen LogP contribution in [0.2, 0.25) is 0 Å². The second-order valence-electron chi connectivity index (χ2n) is 5.94. The van der Waals surface area contributed by atoms with E-state index in [1.165, 1.54) is 0 Å². The summed E-state index contributed by atoms with van der Waals surface area (Å²) in [6, 6.07) is 6.99. The van der Waals surface area contributed by atoms with Crippen LogP contribution in [0.25, 0.3) is 10.6 Å². The predicted molar refractivity (Wildman–Crippen MR) is 89.1 cm³/mol. The number of anilines is 1. The maximum Gasteiger partial charge on any atom is 0.412 e. The zero-order valence-corrected chi connectivity index (χ0v) is 14.2. The first-order chi connectivity index (χ1) is 10.7. The van der Waals surface area contributed by atoms with Crippen molar-refractivity contribution in [3.05, 3.63) is 34.8 Å². The van der Waals surface area contributed by atoms with E-state index in [1.807, 2.05) is 0 Å². The molecule has 6 nitrogen and oxygen atoms in total. The number of hydrogen-bond acceptors (Lipinski definition) is 5. The summed E-state index contributed by atoms with van der Waals surface area (Å²) in [5.41, 5.74) is 1.32. The van der Waals surface area contributed by atoms with Crippen LogP contribution < -0.4 is 5.32 Å². The Labute approximate surface area is 138 Å². The van der Waals surface area contributed by atoms with Gasteiger partial charge in [0, 0.05) is 11.3 Å². The first-order valence-corrected chi connectivity index (χ1v) is 7.78. The molecule has 1 aromatic carbocycles. The van der Waals surface area contributed by atoms with Gasteiger partial charge in [0.2, 0.25) is 0 Å². The van der Waals surface area contributed by atoms with E-state index in [0.29, 0.717) is 16.4 Å². The van der Waals surface area contributed by atoms with Crippen LogP contribution in [0.4, 0.5) is 10.5 Å². The van der Waals surface area contributed by atoms with Gasteiger partial charge in [-0.3, -0.25) is 5.32 Å². The molecule has 0 bridgehead atoms. The van der Waals surface area contributed by atoms with Gasteiger partial charge in [-0.15, -0.1) is 11.3 Å². The Bertz CT molecular complexity index is 730. The van der Waals surface area contributed by atoms with E-state index in [9.17, 15) is 9.59 Å². The van der Waals surface area contributed by atoms with Crippen molar-refractivity contribution in [3.8, 4) is 10.6 Å². The van der Waals surface area contributed by atoms with Crippen molar-refractivity contribution in [1.29, 1.82) is 0 Å². The van der Waals surface area contributed by atoms with Crippen LogP contribution in [0, 0.1) is 6.92 Å². The van der Waals surface area contributed by atoms with Gasteiger partial charge in [-0.05, 0) is 52.0 Å². The molecule has 2 rings (SSSR count). The maximum absolute atomic E-state index is 11.7. The number of aromatic nitrogens is 1.